The second-order valence-electron chi connectivity index (χ2n) is 3.43. The molecule has 0 radical (unpaired) electrons. The summed E-state index contributed by atoms with van der Waals surface area (Å²) in [6.45, 7) is -0.443. The third-order valence-corrected chi connectivity index (χ3v) is 1.93. The summed E-state index contributed by atoms with van der Waals surface area (Å²) < 4.78 is 40.3. The van der Waals surface area contributed by atoms with Crippen LogP contribution in [0.3, 0.4) is 0 Å². The van der Waals surface area contributed by atoms with Crippen molar-refractivity contribution in [3.8, 4) is 5.75 Å². The Kier molecular flexibility index (Phi) is 4.37. The molecule has 0 aliphatic heterocycles. The van der Waals surface area contributed by atoms with Crippen molar-refractivity contribution >= 4 is 5.97 Å². The van der Waals surface area contributed by atoms with Crippen LogP contribution in [0.25, 0.3) is 0 Å². The van der Waals surface area contributed by atoms with Crippen LogP contribution < -0.4 is 4.74 Å². The van der Waals surface area contributed by atoms with E-state index in [-0.39, 0.29) is 6.42 Å². The van der Waals surface area contributed by atoms with Gasteiger partial charge in [-0.25, -0.2) is 0 Å². The zero-order chi connectivity index (χ0) is 12.9. The van der Waals surface area contributed by atoms with E-state index in [1.54, 1.807) is 0 Å². The Hall–Kier alpha value is -1.72. The van der Waals surface area contributed by atoms with E-state index in [1.807, 2.05) is 0 Å². The van der Waals surface area contributed by atoms with Gasteiger partial charge in [0.25, 0.3) is 0 Å². The summed E-state index contributed by atoms with van der Waals surface area (Å²) in [5, 5.41) is 8.51. The number of rotatable bonds is 5. The highest BCUT2D eigenvalue weighted by molar-refractivity contribution is 5.70. The van der Waals surface area contributed by atoms with E-state index in [0.717, 1.165) is 0 Å². The maximum Gasteiger partial charge on any atom is 0.392 e. The molecule has 1 aromatic rings. The standard InChI is InChI=1S/C11H11F3O3/c12-11(13,14)5-6-17-9-3-1-8(2-4-9)7-10(15)16/h1-4H,5-7H2,(H,15,16). The lowest BCUT2D eigenvalue weighted by atomic mass is 10.1. The number of aliphatic carboxylic acids is 1. The number of carboxylic acid groups (broad SMARTS) is 1. The summed E-state index contributed by atoms with van der Waals surface area (Å²) in [5.41, 5.74) is 0.570. The Labute approximate surface area is 95.8 Å². The molecule has 1 aromatic carbocycles. The first kappa shape index (κ1) is 13.3. The molecule has 0 saturated carbocycles. The molecule has 3 nitrogen and oxygen atoms in total. The summed E-state index contributed by atoms with van der Waals surface area (Å²) in [7, 11) is 0. The number of benzene rings is 1. The van der Waals surface area contributed by atoms with Gasteiger partial charge in [0.1, 0.15) is 5.75 Å². The summed E-state index contributed by atoms with van der Waals surface area (Å²) in [5.74, 6) is -0.667. The summed E-state index contributed by atoms with van der Waals surface area (Å²) in [6, 6.07) is 5.93. The van der Waals surface area contributed by atoms with Crippen molar-refractivity contribution in [1.82, 2.24) is 0 Å². The van der Waals surface area contributed by atoms with E-state index in [4.69, 9.17) is 9.84 Å². The van der Waals surface area contributed by atoms with E-state index in [9.17, 15) is 18.0 Å². The molecule has 0 bridgehead atoms. The Morgan fingerprint density at radius 2 is 1.82 bits per heavy atom. The van der Waals surface area contributed by atoms with Crippen molar-refractivity contribution in [3.05, 3.63) is 29.8 Å². The van der Waals surface area contributed by atoms with Gasteiger partial charge in [0.2, 0.25) is 0 Å². The number of hydrogen-bond donors (Lipinski definition) is 1. The Bertz CT molecular complexity index is 371. The van der Waals surface area contributed by atoms with Gasteiger partial charge in [-0.2, -0.15) is 13.2 Å². The smallest absolute Gasteiger partial charge is 0.392 e. The van der Waals surface area contributed by atoms with Crippen molar-refractivity contribution in [2.45, 2.75) is 19.0 Å². The predicted octanol–water partition coefficient (Wildman–Crippen LogP) is 2.64. The first-order valence-electron chi connectivity index (χ1n) is 4.87. The molecule has 0 atom stereocenters. The second-order valence-corrected chi connectivity index (χ2v) is 3.43. The van der Waals surface area contributed by atoms with Crippen molar-refractivity contribution in [1.29, 1.82) is 0 Å². The van der Waals surface area contributed by atoms with Gasteiger partial charge in [-0.3, -0.25) is 4.79 Å². The van der Waals surface area contributed by atoms with Gasteiger partial charge >= 0.3 is 12.1 Å². The van der Waals surface area contributed by atoms with Crippen molar-refractivity contribution in [2.24, 2.45) is 0 Å². The lowest BCUT2D eigenvalue weighted by Gasteiger charge is -2.08. The zero-order valence-corrected chi connectivity index (χ0v) is 8.83. The maximum atomic E-state index is 11.8. The minimum atomic E-state index is -4.23. The maximum absolute atomic E-state index is 11.8. The molecule has 1 N–H and O–H groups in total. The average Bonchev–Trinajstić information content (AvgIpc) is 2.18. The Morgan fingerprint density at radius 3 is 2.29 bits per heavy atom. The quantitative estimate of drug-likeness (QED) is 0.871. The summed E-state index contributed by atoms with van der Waals surface area (Å²) >= 11 is 0. The molecule has 17 heavy (non-hydrogen) atoms. The molecule has 0 heterocycles. The molecule has 0 aromatic heterocycles. The zero-order valence-electron chi connectivity index (χ0n) is 8.83. The van der Waals surface area contributed by atoms with Crippen molar-refractivity contribution < 1.29 is 27.8 Å². The SMILES string of the molecule is O=C(O)Cc1ccc(OCCC(F)(F)F)cc1. The number of halogens is 3. The highest BCUT2D eigenvalue weighted by Crippen LogP contribution is 2.20. The number of alkyl halides is 3. The van der Waals surface area contributed by atoms with Gasteiger partial charge in [-0.1, -0.05) is 12.1 Å². The van der Waals surface area contributed by atoms with E-state index in [2.05, 4.69) is 0 Å². The van der Waals surface area contributed by atoms with Gasteiger partial charge in [-0.05, 0) is 17.7 Å². The van der Waals surface area contributed by atoms with Crippen LogP contribution in [0.1, 0.15) is 12.0 Å². The van der Waals surface area contributed by atoms with E-state index in [0.29, 0.717) is 11.3 Å². The minimum absolute atomic E-state index is 0.122. The van der Waals surface area contributed by atoms with Gasteiger partial charge in [0.05, 0.1) is 19.4 Å². The van der Waals surface area contributed by atoms with Gasteiger partial charge in [-0.15, -0.1) is 0 Å². The number of hydrogen-bond acceptors (Lipinski definition) is 2. The third-order valence-electron chi connectivity index (χ3n) is 1.93. The fraction of sp³-hybridized carbons (Fsp3) is 0.364. The van der Waals surface area contributed by atoms with Crippen molar-refractivity contribution in [3.63, 3.8) is 0 Å². The second kappa shape index (κ2) is 5.56. The molecular weight excluding hydrogens is 237 g/mol. The summed E-state index contributed by atoms with van der Waals surface area (Å²) in [6.07, 6.45) is -5.37. The minimum Gasteiger partial charge on any atom is -0.493 e. The van der Waals surface area contributed by atoms with Crippen LogP contribution >= 0.6 is 0 Å². The van der Waals surface area contributed by atoms with Crippen LogP contribution in [0.4, 0.5) is 13.2 Å². The molecule has 0 unspecified atom stereocenters. The van der Waals surface area contributed by atoms with Crippen molar-refractivity contribution in [2.75, 3.05) is 6.61 Å². The fourth-order valence-corrected chi connectivity index (χ4v) is 1.16. The monoisotopic (exact) mass is 248 g/mol. The molecule has 1 rings (SSSR count). The predicted molar refractivity (Wildman–Crippen MR) is 53.9 cm³/mol. The van der Waals surface area contributed by atoms with Crippen LogP contribution in [0, 0.1) is 0 Å². The van der Waals surface area contributed by atoms with Gasteiger partial charge < -0.3 is 9.84 Å². The third kappa shape index (κ3) is 5.79. The van der Waals surface area contributed by atoms with Crippen LogP contribution in [0.2, 0.25) is 0 Å². The molecule has 0 fully saturated rings. The lowest BCUT2D eigenvalue weighted by molar-refractivity contribution is -0.139. The first-order valence-corrected chi connectivity index (χ1v) is 4.87. The highest BCUT2D eigenvalue weighted by atomic mass is 19.4. The van der Waals surface area contributed by atoms with Gasteiger partial charge in [0, 0.05) is 0 Å². The molecule has 0 aliphatic carbocycles. The topological polar surface area (TPSA) is 46.5 Å². The van der Waals surface area contributed by atoms with Crippen LogP contribution in [-0.4, -0.2) is 23.9 Å². The molecule has 0 spiro atoms. The molecule has 94 valence electrons. The molecular formula is C11H11F3O3. The Morgan fingerprint density at radius 1 is 1.24 bits per heavy atom. The number of carbonyl (C=O) groups is 1. The molecule has 6 heteroatoms. The average molecular weight is 248 g/mol. The Balaban J connectivity index is 2.43. The van der Waals surface area contributed by atoms with E-state index < -0.39 is 25.2 Å². The molecule has 0 amide bonds. The first-order chi connectivity index (χ1) is 7.87. The van der Waals surface area contributed by atoms with Gasteiger partial charge in [0.15, 0.2) is 0 Å². The number of ether oxygens (including phenoxy) is 1. The fourth-order valence-electron chi connectivity index (χ4n) is 1.16. The van der Waals surface area contributed by atoms with E-state index in [1.165, 1.54) is 24.3 Å². The highest BCUT2D eigenvalue weighted by Gasteiger charge is 2.26. The number of carboxylic acids is 1. The van der Waals surface area contributed by atoms with Crippen LogP contribution in [-0.2, 0) is 11.2 Å². The lowest BCUT2D eigenvalue weighted by Crippen LogP contribution is -2.13. The largest absolute Gasteiger partial charge is 0.493 e. The summed E-state index contributed by atoms with van der Waals surface area (Å²) in [4.78, 5) is 10.4. The van der Waals surface area contributed by atoms with Crippen LogP contribution in [0.5, 0.6) is 5.75 Å². The van der Waals surface area contributed by atoms with Crippen LogP contribution in [0.15, 0.2) is 24.3 Å². The normalized spacial score (nSPS) is 11.2. The molecule has 0 saturated heterocycles. The molecule has 0 aliphatic rings. The van der Waals surface area contributed by atoms with E-state index >= 15 is 0 Å².